The quantitative estimate of drug-likeness (QED) is 0.426. The number of nitriles is 1. The van der Waals surface area contributed by atoms with Gasteiger partial charge in [0.1, 0.15) is 5.69 Å². The van der Waals surface area contributed by atoms with E-state index in [-0.39, 0.29) is 11.3 Å². The van der Waals surface area contributed by atoms with Crippen molar-refractivity contribution < 1.29 is 0 Å². The van der Waals surface area contributed by atoms with E-state index in [2.05, 4.69) is 30.7 Å². The van der Waals surface area contributed by atoms with Crippen LogP contribution in [0.4, 0.5) is 0 Å². The Morgan fingerprint density at radius 1 is 1.53 bits per heavy atom. The zero-order valence-corrected chi connectivity index (χ0v) is 9.15. The first-order valence-electron chi connectivity index (χ1n) is 4.64. The first-order chi connectivity index (χ1) is 6.95. The second-order valence-corrected chi connectivity index (χ2v) is 4.28. The molecule has 0 aliphatic heterocycles. The molecule has 4 nitrogen and oxygen atoms in total. The highest BCUT2D eigenvalue weighted by Gasteiger charge is 2.14. The highest BCUT2D eigenvalue weighted by atomic mass is 14.9. The minimum atomic E-state index is 0.0324. The molecule has 0 spiro atoms. The lowest BCUT2D eigenvalue weighted by atomic mass is 9.87. The first kappa shape index (κ1) is 11.2. The Hall–Kier alpha value is -1.89. The van der Waals surface area contributed by atoms with Crippen LogP contribution < -0.4 is 5.73 Å². The van der Waals surface area contributed by atoms with Crippen molar-refractivity contribution in [2.75, 3.05) is 0 Å². The topological polar surface area (TPSA) is 75.1 Å². The summed E-state index contributed by atoms with van der Waals surface area (Å²) < 4.78 is 0. The van der Waals surface area contributed by atoms with Crippen LogP contribution in [0, 0.1) is 11.5 Å². The molecular weight excluding hydrogens is 188 g/mol. The van der Waals surface area contributed by atoms with Crippen LogP contribution in [0.3, 0.4) is 0 Å². The van der Waals surface area contributed by atoms with Crippen LogP contribution in [-0.2, 0) is 5.41 Å². The molecule has 0 saturated carbocycles. The van der Waals surface area contributed by atoms with Gasteiger partial charge in [0.05, 0.1) is 0 Å². The van der Waals surface area contributed by atoms with Gasteiger partial charge in [0.2, 0.25) is 6.19 Å². The smallest absolute Gasteiger partial charge is 0.207 e. The zero-order valence-electron chi connectivity index (χ0n) is 9.15. The summed E-state index contributed by atoms with van der Waals surface area (Å²) in [5.74, 6) is 0.156. The van der Waals surface area contributed by atoms with E-state index >= 15 is 0 Å². The van der Waals surface area contributed by atoms with Crippen molar-refractivity contribution in [1.29, 1.82) is 5.26 Å². The summed E-state index contributed by atoms with van der Waals surface area (Å²) in [5.41, 5.74) is 7.27. The van der Waals surface area contributed by atoms with Gasteiger partial charge in [-0.2, -0.15) is 10.3 Å². The van der Waals surface area contributed by atoms with Gasteiger partial charge in [-0.15, -0.1) is 0 Å². The number of hydrogen-bond donors (Lipinski definition) is 1. The molecular formula is C11H14N4. The van der Waals surface area contributed by atoms with Crippen LogP contribution in [0.25, 0.3) is 0 Å². The third-order valence-corrected chi connectivity index (χ3v) is 2.06. The van der Waals surface area contributed by atoms with Gasteiger partial charge >= 0.3 is 0 Å². The minimum absolute atomic E-state index is 0.0324. The second-order valence-electron chi connectivity index (χ2n) is 4.28. The fourth-order valence-corrected chi connectivity index (χ4v) is 1.15. The molecule has 15 heavy (non-hydrogen) atoms. The Morgan fingerprint density at radius 2 is 2.20 bits per heavy atom. The molecule has 0 amide bonds. The first-order valence-corrected chi connectivity index (χ1v) is 4.64. The lowest BCUT2D eigenvalue weighted by Gasteiger charge is -2.19. The van der Waals surface area contributed by atoms with Gasteiger partial charge < -0.3 is 5.73 Å². The summed E-state index contributed by atoms with van der Waals surface area (Å²) in [6.45, 7) is 6.30. The maximum atomic E-state index is 8.38. The minimum Gasteiger partial charge on any atom is -0.381 e. The monoisotopic (exact) mass is 202 g/mol. The van der Waals surface area contributed by atoms with Crippen molar-refractivity contribution in [3.8, 4) is 6.19 Å². The number of nitrogens with two attached hydrogens (primary N) is 1. The van der Waals surface area contributed by atoms with Crippen LogP contribution in [-0.4, -0.2) is 10.8 Å². The number of pyridine rings is 1. The number of aromatic nitrogens is 1. The summed E-state index contributed by atoms with van der Waals surface area (Å²) >= 11 is 0. The highest BCUT2D eigenvalue weighted by Crippen LogP contribution is 2.21. The molecule has 0 aliphatic rings. The van der Waals surface area contributed by atoms with Gasteiger partial charge in [0, 0.05) is 6.20 Å². The summed E-state index contributed by atoms with van der Waals surface area (Å²) in [5, 5.41) is 8.38. The van der Waals surface area contributed by atoms with Crippen LogP contribution in [0.1, 0.15) is 32.0 Å². The van der Waals surface area contributed by atoms with Gasteiger partial charge in [0.25, 0.3) is 0 Å². The van der Waals surface area contributed by atoms with Gasteiger partial charge in [-0.3, -0.25) is 4.98 Å². The molecule has 0 unspecified atom stereocenters. The number of amidine groups is 1. The predicted molar refractivity (Wildman–Crippen MR) is 59.3 cm³/mol. The normalized spacial score (nSPS) is 12.3. The van der Waals surface area contributed by atoms with Crippen LogP contribution in [0.5, 0.6) is 0 Å². The number of aliphatic imine (C=N–C) groups is 1. The summed E-state index contributed by atoms with van der Waals surface area (Å²) in [6.07, 6.45) is 3.32. The van der Waals surface area contributed by atoms with Gasteiger partial charge in [-0.25, -0.2) is 0 Å². The SMILES string of the molecule is CC(C)(C)c1ccnc(C(N)=NC#N)c1. The Labute approximate surface area is 89.5 Å². The maximum absolute atomic E-state index is 8.38. The van der Waals surface area contributed by atoms with E-state index in [1.807, 2.05) is 12.1 Å². The second kappa shape index (κ2) is 4.09. The molecule has 1 heterocycles. The van der Waals surface area contributed by atoms with Crippen molar-refractivity contribution in [3.63, 3.8) is 0 Å². The van der Waals surface area contributed by atoms with Crippen LogP contribution >= 0.6 is 0 Å². The van der Waals surface area contributed by atoms with Crippen molar-refractivity contribution >= 4 is 5.84 Å². The molecule has 1 rings (SSSR count). The summed E-state index contributed by atoms with van der Waals surface area (Å²) in [6, 6.07) is 3.79. The third kappa shape index (κ3) is 2.78. The van der Waals surface area contributed by atoms with Crippen molar-refractivity contribution in [2.24, 2.45) is 10.7 Å². The molecule has 1 aromatic rings. The number of hydrogen-bond acceptors (Lipinski definition) is 3. The van der Waals surface area contributed by atoms with E-state index in [1.54, 1.807) is 12.4 Å². The average Bonchev–Trinajstić information content (AvgIpc) is 2.17. The highest BCUT2D eigenvalue weighted by molar-refractivity contribution is 5.96. The van der Waals surface area contributed by atoms with Crippen LogP contribution in [0.2, 0.25) is 0 Å². The van der Waals surface area contributed by atoms with Crippen molar-refractivity contribution in [2.45, 2.75) is 26.2 Å². The molecule has 0 radical (unpaired) electrons. The Kier molecular flexibility index (Phi) is 3.05. The predicted octanol–water partition coefficient (Wildman–Crippen LogP) is 1.57. The molecule has 0 atom stereocenters. The summed E-state index contributed by atoms with van der Waals surface area (Å²) in [7, 11) is 0. The van der Waals surface area contributed by atoms with Crippen molar-refractivity contribution in [3.05, 3.63) is 29.6 Å². The van der Waals surface area contributed by atoms with E-state index in [0.29, 0.717) is 5.69 Å². The molecule has 4 heteroatoms. The molecule has 1 aromatic heterocycles. The van der Waals surface area contributed by atoms with E-state index in [0.717, 1.165) is 5.56 Å². The molecule has 0 aromatic carbocycles. The number of rotatable bonds is 1. The Morgan fingerprint density at radius 3 is 2.73 bits per heavy atom. The lowest BCUT2D eigenvalue weighted by Crippen LogP contribution is -2.18. The molecule has 0 fully saturated rings. The molecule has 78 valence electrons. The van der Waals surface area contributed by atoms with E-state index < -0.39 is 0 Å². The largest absolute Gasteiger partial charge is 0.381 e. The molecule has 0 bridgehead atoms. The average molecular weight is 202 g/mol. The Bertz CT molecular complexity index is 421. The lowest BCUT2D eigenvalue weighted by molar-refractivity contribution is 0.589. The summed E-state index contributed by atoms with van der Waals surface area (Å²) in [4.78, 5) is 7.52. The van der Waals surface area contributed by atoms with Gasteiger partial charge in [-0.1, -0.05) is 20.8 Å². The number of nitrogens with zero attached hydrogens (tertiary/aromatic N) is 3. The fourth-order valence-electron chi connectivity index (χ4n) is 1.15. The molecule has 0 aliphatic carbocycles. The van der Waals surface area contributed by atoms with Gasteiger partial charge in [0.15, 0.2) is 5.84 Å². The van der Waals surface area contributed by atoms with Crippen molar-refractivity contribution in [1.82, 2.24) is 4.98 Å². The molecule has 0 saturated heterocycles. The van der Waals surface area contributed by atoms with E-state index in [1.165, 1.54) is 0 Å². The zero-order chi connectivity index (χ0) is 11.5. The van der Waals surface area contributed by atoms with E-state index in [4.69, 9.17) is 11.0 Å². The van der Waals surface area contributed by atoms with Gasteiger partial charge in [-0.05, 0) is 23.1 Å². The van der Waals surface area contributed by atoms with E-state index in [9.17, 15) is 0 Å². The molecule has 2 N–H and O–H groups in total. The van der Waals surface area contributed by atoms with Crippen LogP contribution in [0.15, 0.2) is 23.3 Å². The maximum Gasteiger partial charge on any atom is 0.207 e. The third-order valence-electron chi connectivity index (χ3n) is 2.06. The Balaban J connectivity index is 3.15. The fraction of sp³-hybridized carbons (Fsp3) is 0.364. The standard InChI is InChI=1S/C11H14N4/c1-11(2,3)8-4-5-14-9(6-8)10(13)15-7-12/h4-6H,1-3H3,(H2,13,15).